The van der Waals surface area contributed by atoms with Gasteiger partial charge in [-0.05, 0) is 97.8 Å². The molecular formula is C24H49N3. The van der Waals surface area contributed by atoms with E-state index in [0.717, 1.165) is 0 Å². The van der Waals surface area contributed by atoms with Crippen LogP contribution in [-0.4, -0.2) is 53.6 Å². The molecule has 4 atom stereocenters. The van der Waals surface area contributed by atoms with E-state index in [2.05, 4.69) is 72.4 Å². The summed E-state index contributed by atoms with van der Waals surface area (Å²) in [6.45, 7) is 19.3. The molecule has 2 aliphatic rings. The first kappa shape index (κ1) is 23.2. The maximum atomic E-state index is 7.57. The number of nitrogens with two attached hydrogens (primary N) is 1. The quantitative estimate of drug-likeness (QED) is 0.659. The highest BCUT2D eigenvalue weighted by Crippen LogP contribution is 2.50. The van der Waals surface area contributed by atoms with Crippen LogP contribution in [0.15, 0.2) is 0 Å². The topological polar surface area (TPSA) is 32.5 Å². The van der Waals surface area contributed by atoms with Crippen LogP contribution in [-0.2, 0) is 0 Å². The molecule has 2 saturated heterocycles. The van der Waals surface area contributed by atoms with Gasteiger partial charge in [0.15, 0.2) is 0 Å². The molecule has 0 saturated carbocycles. The normalized spacial score (nSPS) is 37.1. The highest BCUT2D eigenvalue weighted by molar-refractivity contribution is 5.10. The zero-order valence-corrected chi connectivity index (χ0v) is 19.9. The third-order valence-corrected chi connectivity index (χ3v) is 9.55. The molecule has 0 aromatic carbocycles. The zero-order valence-electron chi connectivity index (χ0n) is 19.9. The Bertz CT molecular complexity index is 448. The van der Waals surface area contributed by atoms with Crippen molar-refractivity contribution in [2.45, 2.75) is 104 Å². The molecule has 0 spiro atoms. The monoisotopic (exact) mass is 379 g/mol. The number of unbranched alkanes of at least 4 members (excludes halogenated alkanes) is 2. The molecule has 2 aliphatic heterocycles. The van der Waals surface area contributed by atoms with Crippen LogP contribution in [0.4, 0.5) is 0 Å². The Morgan fingerprint density at radius 1 is 0.852 bits per heavy atom. The molecule has 0 aromatic rings. The third-order valence-electron chi connectivity index (χ3n) is 9.55. The Kier molecular flexibility index (Phi) is 7.14. The van der Waals surface area contributed by atoms with Gasteiger partial charge in [-0.15, -0.1) is 0 Å². The largest absolute Gasteiger partial charge is 0.325 e. The summed E-state index contributed by atoms with van der Waals surface area (Å²) >= 11 is 0. The molecule has 2 fully saturated rings. The Hall–Kier alpha value is -0.120. The highest BCUT2D eigenvalue weighted by atomic mass is 15.2. The smallest absolute Gasteiger partial charge is 0.0218 e. The summed E-state index contributed by atoms with van der Waals surface area (Å²) in [6.07, 6.45) is 7.58. The summed E-state index contributed by atoms with van der Waals surface area (Å²) in [7, 11) is 4.59. The third kappa shape index (κ3) is 4.12. The molecule has 2 N–H and O–H groups in total. The Labute approximate surface area is 170 Å². The fourth-order valence-corrected chi connectivity index (χ4v) is 6.22. The molecular weight excluding hydrogens is 330 g/mol. The molecule has 27 heavy (non-hydrogen) atoms. The molecule has 3 nitrogen and oxygen atoms in total. The summed E-state index contributed by atoms with van der Waals surface area (Å²) in [5.41, 5.74) is 7.98. The molecule has 0 radical (unpaired) electrons. The van der Waals surface area contributed by atoms with Gasteiger partial charge in [0.2, 0.25) is 0 Å². The lowest BCUT2D eigenvalue weighted by Crippen LogP contribution is -2.68. The Morgan fingerprint density at radius 2 is 1.26 bits per heavy atom. The van der Waals surface area contributed by atoms with Crippen molar-refractivity contribution >= 4 is 0 Å². The summed E-state index contributed by atoms with van der Waals surface area (Å²) < 4.78 is 0. The van der Waals surface area contributed by atoms with E-state index in [-0.39, 0.29) is 16.6 Å². The van der Waals surface area contributed by atoms with Gasteiger partial charge in [-0.3, -0.25) is 0 Å². The van der Waals surface area contributed by atoms with Gasteiger partial charge in [-0.25, -0.2) is 0 Å². The zero-order chi connectivity index (χ0) is 20.6. The maximum absolute atomic E-state index is 7.57. The number of piperidine rings is 2. The van der Waals surface area contributed by atoms with Gasteiger partial charge in [0.05, 0.1) is 0 Å². The average Bonchev–Trinajstić information content (AvgIpc) is 2.59. The van der Waals surface area contributed by atoms with Crippen molar-refractivity contribution in [3.63, 3.8) is 0 Å². The Morgan fingerprint density at radius 3 is 1.63 bits per heavy atom. The lowest BCUT2D eigenvalue weighted by molar-refractivity contribution is -0.0784. The number of nitrogens with zero attached hydrogens (tertiary/aromatic N) is 2. The predicted molar refractivity (Wildman–Crippen MR) is 119 cm³/mol. The highest BCUT2D eigenvalue weighted by Gasteiger charge is 2.54. The molecule has 2 heterocycles. The number of likely N-dealkylation sites (tertiary alicyclic amines) is 2. The van der Waals surface area contributed by atoms with E-state index in [9.17, 15) is 0 Å². The molecule has 2 rings (SSSR count). The van der Waals surface area contributed by atoms with Gasteiger partial charge in [-0.2, -0.15) is 0 Å². The van der Waals surface area contributed by atoms with E-state index in [4.69, 9.17) is 5.73 Å². The van der Waals surface area contributed by atoms with Crippen molar-refractivity contribution in [1.29, 1.82) is 0 Å². The van der Waals surface area contributed by atoms with E-state index in [1.165, 1.54) is 51.6 Å². The van der Waals surface area contributed by atoms with Crippen LogP contribution < -0.4 is 5.73 Å². The first-order chi connectivity index (χ1) is 12.4. The van der Waals surface area contributed by atoms with Crippen molar-refractivity contribution in [3.8, 4) is 0 Å². The summed E-state index contributed by atoms with van der Waals surface area (Å²) in [4.78, 5) is 5.12. The number of hydrogen-bond acceptors (Lipinski definition) is 3. The van der Waals surface area contributed by atoms with Crippen molar-refractivity contribution in [2.75, 3.05) is 27.2 Å². The standard InChI is InChI=1S/C24H49N3/c1-10-11-12-15-24(25,20-13-16-26(8)22(4,5)18(20)2)21-14-17-27(9)23(6,7)19(21)3/h18-21H,10-17,25H2,1-9H3. The van der Waals surface area contributed by atoms with E-state index in [0.29, 0.717) is 23.7 Å². The lowest BCUT2D eigenvalue weighted by Gasteiger charge is -2.60. The number of rotatable bonds is 6. The molecule has 0 bridgehead atoms. The van der Waals surface area contributed by atoms with Gasteiger partial charge in [0, 0.05) is 16.6 Å². The van der Waals surface area contributed by atoms with Crippen LogP contribution in [0.1, 0.15) is 87.0 Å². The summed E-state index contributed by atoms with van der Waals surface area (Å²) in [6, 6.07) is 0. The first-order valence-corrected chi connectivity index (χ1v) is 11.6. The van der Waals surface area contributed by atoms with Crippen molar-refractivity contribution in [3.05, 3.63) is 0 Å². The Balaban J connectivity index is 2.37. The first-order valence-electron chi connectivity index (χ1n) is 11.6. The second-order valence-corrected chi connectivity index (χ2v) is 11.1. The van der Waals surface area contributed by atoms with Crippen LogP contribution in [0.25, 0.3) is 0 Å². The minimum atomic E-state index is -0.0366. The minimum Gasteiger partial charge on any atom is -0.325 e. The lowest BCUT2D eigenvalue weighted by atomic mass is 9.55. The van der Waals surface area contributed by atoms with Gasteiger partial charge in [0.25, 0.3) is 0 Å². The van der Waals surface area contributed by atoms with Crippen molar-refractivity contribution < 1.29 is 0 Å². The van der Waals surface area contributed by atoms with Crippen LogP contribution >= 0.6 is 0 Å². The van der Waals surface area contributed by atoms with E-state index < -0.39 is 0 Å². The molecule has 0 amide bonds. The SMILES string of the molecule is CCCCCC(N)(C1CCN(C)C(C)(C)C1C)C1CCN(C)C(C)(C)C1C. The van der Waals surface area contributed by atoms with Gasteiger partial charge in [-0.1, -0.05) is 40.0 Å². The van der Waals surface area contributed by atoms with Crippen LogP contribution in [0.2, 0.25) is 0 Å². The molecule has 0 aromatic heterocycles. The second-order valence-electron chi connectivity index (χ2n) is 11.1. The van der Waals surface area contributed by atoms with Crippen molar-refractivity contribution in [1.82, 2.24) is 9.80 Å². The van der Waals surface area contributed by atoms with E-state index >= 15 is 0 Å². The molecule has 3 heteroatoms. The van der Waals surface area contributed by atoms with Gasteiger partial charge in [0.1, 0.15) is 0 Å². The average molecular weight is 380 g/mol. The summed E-state index contributed by atoms with van der Waals surface area (Å²) in [5, 5.41) is 0. The van der Waals surface area contributed by atoms with Crippen LogP contribution in [0, 0.1) is 23.7 Å². The number of hydrogen-bond donors (Lipinski definition) is 1. The van der Waals surface area contributed by atoms with Crippen molar-refractivity contribution in [2.24, 2.45) is 29.4 Å². The summed E-state index contributed by atoms with van der Waals surface area (Å²) in [5.74, 6) is 2.48. The van der Waals surface area contributed by atoms with E-state index in [1.807, 2.05) is 0 Å². The van der Waals surface area contributed by atoms with Crippen LogP contribution in [0.3, 0.4) is 0 Å². The van der Waals surface area contributed by atoms with Gasteiger partial charge >= 0.3 is 0 Å². The van der Waals surface area contributed by atoms with E-state index in [1.54, 1.807) is 0 Å². The second kappa shape index (κ2) is 8.32. The predicted octanol–water partition coefficient (Wildman–Crippen LogP) is 5.00. The van der Waals surface area contributed by atoms with Crippen LogP contribution in [0.5, 0.6) is 0 Å². The fraction of sp³-hybridized carbons (Fsp3) is 1.00. The maximum Gasteiger partial charge on any atom is 0.0218 e. The molecule has 160 valence electrons. The van der Waals surface area contributed by atoms with Gasteiger partial charge < -0.3 is 15.5 Å². The molecule has 0 aliphatic carbocycles. The fourth-order valence-electron chi connectivity index (χ4n) is 6.22. The molecule has 4 unspecified atom stereocenters. The minimum absolute atomic E-state index is 0.0366.